The van der Waals surface area contributed by atoms with Crippen LogP contribution >= 0.6 is 0 Å². The minimum Gasteiger partial charge on any atom is -0.481 e. The maximum atomic E-state index is 13.0. The third-order valence-electron chi connectivity index (χ3n) is 5.00. The van der Waals surface area contributed by atoms with Crippen LogP contribution in [0.25, 0.3) is 0 Å². The predicted octanol–water partition coefficient (Wildman–Crippen LogP) is 4.74. The van der Waals surface area contributed by atoms with Crippen molar-refractivity contribution >= 4 is 5.91 Å². The van der Waals surface area contributed by atoms with Crippen molar-refractivity contribution in [1.29, 1.82) is 0 Å². The minimum atomic E-state index is -0.646. The number of fused-ring (bicyclic) bond motifs is 1. The molecule has 1 amide bonds. The molecule has 2 aromatic carbocycles. The number of benzene rings is 2. The van der Waals surface area contributed by atoms with Crippen LogP contribution in [0, 0.1) is 5.82 Å². The number of hydrogen-bond acceptors (Lipinski definition) is 2. The molecule has 0 radical (unpaired) electrons. The molecule has 0 saturated carbocycles. The number of carbonyl (C=O) groups excluding carboxylic acids is 1. The van der Waals surface area contributed by atoms with Gasteiger partial charge in [-0.1, -0.05) is 25.1 Å². The van der Waals surface area contributed by atoms with Crippen molar-refractivity contribution < 1.29 is 13.9 Å². The van der Waals surface area contributed by atoms with Crippen LogP contribution in [0.2, 0.25) is 0 Å². The van der Waals surface area contributed by atoms with E-state index >= 15 is 0 Å². The molecule has 2 atom stereocenters. The van der Waals surface area contributed by atoms with E-state index in [0.29, 0.717) is 5.75 Å². The summed E-state index contributed by atoms with van der Waals surface area (Å²) >= 11 is 0. The van der Waals surface area contributed by atoms with Crippen LogP contribution in [0.4, 0.5) is 4.39 Å². The Labute approximate surface area is 154 Å². The molecule has 0 saturated heterocycles. The molecule has 1 N–H and O–H groups in total. The first kappa shape index (κ1) is 18.4. The molecule has 0 aliphatic heterocycles. The van der Waals surface area contributed by atoms with Crippen molar-refractivity contribution in [2.24, 2.45) is 0 Å². The van der Waals surface area contributed by atoms with Crippen LogP contribution in [0.1, 0.15) is 55.8 Å². The van der Waals surface area contributed by atoms with E-state index < -0.39 is 6.10 Å². The number of aryl methyl sites for hydroxylation is 2. The summed E-state index contributed by atoms with van der Waals surface area (Å²) in [5.41, 5.74) is 4.00. The number of amides is 1. The molecule has 3 nitrogen and oxygen atoms in total. The highest BCUT2D eigenvalue weighted by Gasteiger charge is 2.20. The molecule has 0 fully saturated rings. The molecule has 138 valence electrons. The molecule has 1 aliphatic carbocycles. The lowest BCUT2D eigenvalue weighted by atomic mass is 9.89. The quantitative estimate of drug-likeness (QED) is 0.813. The van der Waals surface area contributed by atoms with E-state index in [1.165, 1.54) is 48.2 Å². The van der Waals surface area contributed by atoms with Gasteiger partial charge in [0.25, 0.3) is 5.91 Å². The fourth-order valence-corrected chi connectivity index (χ4v) is 3.45. The van der Waals surface area contributed by atoms with Gasteiger partial charge < -0.3 is 10.1 Å². The second kappa shape index (κ2) is 8.35. The fourth-order valence-electron chi connectivity index (χ4n) is 3.45. The first-order chi connectivity index (χ1) is 12.6. The number of halogens is 1. The highest BCUT2D eigenvalue weighted by molar-refractivity contribution is 5.81. The van der Waals surface area contributed by atoms with E-state index in [2.05, 4.69) is 30.4 Å². The third-order valence-corrected chi connectivity index (χ3v) is 5.00. The maximum absolute atomic E-state index is 13.0. The average molecular weight is 355 g/mol. The second-order valence-corrected chi connectivity index (χ2v) is 6.92. The van der Waals surface area contributed by atoms with Gasteiger partial charge in [0.2, 0.25) is 0 Å². The van der Waals surface area contributed by atoms with Crippen LogP contribution < -0.4 is 10.1 Å². The van der Waals surface area contributed by atoms with E-state index in [4.69, 9.17) is 4.74 Å². The van der Waals surface area contributed by atoms with Gasteiger partial charge in [-0.15, -0.1) is 0 Å². The van der Waals surface area contributed by atoms with Crippen molar-refractivity contribution in [3.05, 3.63) is 65.0 Å². The van der Waals surface area contributed by atoms with Gasteiger partial charge in [-0.25, -0.2) is 4.39 Å². The summed E-state index contributed by atoms with van der Waals surface area (Å²) in [5, 5.41) is 3.08. The lowest BCUT2D eigenvalue weighted by Crippen LogP contribution is -2.38. The molecule has 0 bridgehead atoms. The zero-order valence-electron chi connectivity index (χ0n) is 15.4. The average Bonchev–Trinajstić information content (AvgIpc) is 2.67. The summed E-state index contributed by atoms with van der Waals surface area (Å²) in [5.74, 6) is -0.0114. The Hall–Kier alpha value is -2.36. The SMILES string of the molecule is CCC(NC(=O)C(C)Oc1ccc(F)cc1)c1ccc2c(c1)CCCC2. The molecule has 2 unspecified atom stereocenters. The smallest absolute Gasteiger partial charge is 0.261 e. The Kier molecular flexibility index (Phi) is 5.92. The first-order valence-electron chi connectivity index (χ1n) is 9.41. The summed E-state index contributed by atoms with van der Waals surface area (Å²) in [4.78, 5) is 12.5. The van der Waals surface area contributed by atoms with E-state index in [1.54, 1.807) is 6.92 Å². The normalized spacial score (nSPS) is 15.7. The lowest BCUT2D eigenvalue weighted by Gasteiger charge is -2.23. The predicted molar refractivity (Wildman–Crippen MR) is 101 cm³/mol. The largest absolute Gasteiger partial charge is 0.481 e. The van der Waals surface area contributed by atoms with Crippen LogP contribution in [-0.4, -0.2) is 12.0 Å². The van der Waals surface area contributed by atoms with E-state index in [1.807, 2.05) is 0 Å². The van der Waals surface area contributed by atoms with Gasteiger partial charge in [-0.3, -0.25) is 4.79 Å². The van der Waals surface area contributed by atoms with Crippen molar-refractivity contribution in [3.63, 3.8) is 0 Å². The molecule has 0 spiro atoms. The second-order valence-electron chi connectivity index (χ2n) is 6.92. The molecule has 4 heteroatoms. The number of hydrogen-bond donors (Lipinski definition) is 1. The topological polar surface area (TPSA) is 38.3 Å². The third kappa shape index (κ3) is 4.43. The highest BCUT2D eigenvalue weighted by atomic mass is 19.1. The van der Waals surface area contributed by atoms with Gasteiger partial charge >= 0.3 is 0 Å². The van der Waals surface area contributed by atoms with Gasteiger partial charge in [0.1, 0.15) is 11.6 Å². The number of rotatable bonds is 6. The maximum Gasteiger partial charge on any atom is 0.261 e. The van der Waals surface area contributed by atoms with E-state index in [0.717, 1.165) is 24.8 Å². The summed E-state index contributed by atoms with van der Waals surface area (Å²) in [6.45, 7) is 3.77. The zero-order valence-corrected chi connectivity index (χ0v) is 15.4. The number of nitrogens with one attached hydrogen (secondary N) is 1. The van der Waals surface area contributed by atoms with Crippen LogP contribution in [0.15, 0.2) is 42.5 Å². The molecule has 0 heterocycles. The monoisotopic (exact) mass is 355 g/mol. The first-order valence-corrected chi connectivity index (χ1v) is 9.41. The molecule has 3 rings (SSSR count). The molecular formula is C22H26FNO2. The Balaban J connectivity index is 1.65. The Bertz CT molecular complexity index is 757. The van der Waals surface area contributed by atoms with Gasteiger partial charge in [0.05, 0.1) is 6.04 Å². The number of ether oxygens (including phenoxy) is 1. The van der Waals surface area contributed by atoms with E-state index in [9.17, 15) is 9.18 Å². The van der Waals surface area contributed by atoms with E-state index in [-0.39, 0.29) is 17.8 Å². The van der Waals surface area contributed by atoms with Gasteiger partial charge in [-0.05, 0) is 80.0 Å². The van der Waals surface area contributed by atoms with Crippen molar-refractivity contribution in [3.8, 4) is 5.75 Å². The summed E-state index contributed by atoms with van der Waals surface area (Å²) in [7, 11) is 0. The Morgan fingerprint density at radius 3 is 2.50 bits per heavy atom. The molecule has 1 aliphatic rings. The molecule has 2 aromatic rings. The highest BCUT2D eigenvalue weighted by Crippen LogP contribution is 2.26. The van der Waals surface area contributed by atoms with Gasteiger partial charge in [0.15, 0.2) is 6.10 Å². The Morgan fingerprint density at radius 2 is 1.81 bits per heavy atom. The van der Waals surface area contributed by atoms with Crippen LogP contribution in [-0.2, 0) is 17.6 Å². The standard InChI is InChI=1S/C22H26FNO2/c1-3-21(18-9-8-16-6-4-5-7-17(16)14-18)24-22(25)15(2)26-20-12-10-19(23)11-13-20/h8-15,21H,3-7H2,1-2H3,(H,24,25). The van der Waals surface area contributed by atoms with Crippen molar-refractivity contribution in [2.75, 3.05) is 0 Å². The Morgan fingerprint density at radius 1 is 1.12 bits per heavy atom. The van der Waals surface area contributed by atoms with Gasteiger partial charge in [-0.2, -0.15) is 0 Å². The molecule has 0 aromatic heterocycles. The van der Waals surface area contributed by atoms with Crippen LogP contribution in [0.5, 0.6) is 5.75 Å². The van der Waals surface area contributed by atoms with Crippen molar-refractivity contribution in [2.45, 2.75) is 58.1 Å². The van der Waals surface area contributed by atoms with Crippen molar-refractivity contribution in [1.82, 2.24) is 5.32 Å². The lowest BCUT2D eigenvalue weighted by molar-refractivity contribution is -0.128. The summed E-state index contributed by atoms with van der Waals surface area (Å²) < 4.78 is 18.6. The fraction of sp³-hybridized carbons (Fsp3) is 0.409. The van der Waals surface area contributed by atoms with Gasteiger partial charge in [0, 0.05) is 0 Å². The van der Waals surface area contributed by atoms with Crippen LogP contribution in [0.3, 0.4) is 0 Å². The molecule has 26 heavy (non-hydrogen) atoms. The zero-order chi connectivity index (χ0) is 18.5. The number of carbonyl (C=O) groups is 1. The minimum absolute atomic E-state index is 0.0333. The summed E-state index contributed by atoms with van der Waals surface area (Å²) in [6.07, 6.45) is 4.94. The molecular weight excluding hydrogens is 329 g/mol. The summed E-state index contributed by atoms with van der Waals surface area (Å²) in [6, 6.07) is 12.2.